The maximum atomic E-state index is 11.9. The van der Waals surface area contributed by atoms with Crippen molar-refractivity contribution >= 4 is 11.7 Å². The summed E-state index contributed by atoms with van der Waals surface area (Å²) in [6.07, 6.45) is 10.5. The molecule has 0 radical (unpaired) electrons. The average Bonchev–Trinajstić information content (AvgIpc) is 2.76. The van der Waals surface area contributed by atoms with Crippen molar-refractivity contribution in [1.82, 2.24) is 4.90 Å². The lowest BCUT2D eigenvalue weighted by molar-refractivity contribution is -0.120. The van der Waals surface area contributed by atoms with Crippen molar-refractivity contribution in [3.63, 3.8) is 0 Å². The van der Waals surface area contributed by atoms with Gasteiger partial charge in [-0.15, -0.1) is 0 Å². The minimum Gasteiger partial charge on any atom is -0.320 e. The van der Waals surface area contributed by atoms with E-state index in [1.807, 2.05) is 35.4 Å². The lowest BCUT2D eigenvalue weighted by atomic mass is 10.0. The molecule has 1 unspecified atom stereocenters. The van der Waals surface area contributed by atoms with Gasteiger partial charge in [-0.05, 0) is 37.0 Å². The molecule has 1 amide bonds. The molecule has 2 aliphatic rings. The first kappa shape index (κ1) is 11.9. The van der Waals surface area contributed by atoms with Crippen molar-refractivity contribution in [3.8, 4) is 0 Å². The van der Waals surface area contributed by atoms with E-state index in [9.17, 15) is 4.79 Å². The van der Waals surface area contributed by atoms with Crippen molar-refractivity contribution in [1.29, 1.82) is 0 Å². The lowest BCUT2D eigenvalue weighted by Gasteiger charge is -2.22. The minimum absolute atomic E-state index is 0.0146. The van der Waals surface area contributed by atoms with Crippen LogP contribution in [0.25, 0.3) is 0 Å². The second-order valence-corrected chi connectivity index (χ2v) is 4.81. The highest BCUT2D eigenvalue weighted by Crippen LogP contribution is 2.21. The number of aryl methyl sites for hydroxylation is 1. The van der Waals surface area contributed by atoms with Crippen molar-refractivity contribution in [3.05, 3.63) is 60.3 Å². The summed E-state index contributed by atoms with van der Waals surface area (Å²) in [5.74, 6) is 0.761. The fourth-order valence-corrected chi connectivity index (χ4v) is 2.52. The molecule has 3 rings (SSSR count). The van der Waals surface area contributed by atoms with Crippen molar-refractivity contribution in [2.45, 2.75) is 25.3 Å². The molecule has 0 spiro atoms. The van der Waals surface area contributed by atoms with Gasteiger partial charge in [0.25, 0.3) is 5.91 Å². The molecule has 1 aromatic rings. The van der Waals surface area contributed by atoms with Crippen LogP contribution in [0.4, 0.5) is 0 Å². The Labute approximate surface area is 113 Å². The molecule has 0 saturated heterocycles. The molecule has 0 fully saturated rings. The molecule has 0 aromatic heterocycles. The van der Waals surface area contributed by atoms with Gasteiger partial charge in [0.2, 0.25) is 0 Å². The molecule has 1 aromatic carbocycles. The summed E-state index contributed by atoms with van der Waals surface area (Å²) in [5, 5.41) is 0. The zero-order valence-corrected chi connectivity index (χ0v) is 10.7. The van der Waals surface area contributed by atoms with Crippen molar-refractivity contribution in [2.24, 2.45) is 4.99 Å². The highest BCUT2D eigenvalue weighted by molar-refractivity contribution is 6.09. The highest BCUT2D eigenvalue weighted by atomic mass is 16.2. The van der Waals surface area contributed by atoms with Crippen LogP contribution in [0.15, 0.2) is 59.8 Å². The molecule has 19 heavy (non-hydrogen) atoms. The van der Waals surface area contributed by atoms with E-state index in [0.29, 0.717) is 0 Å². The van der Waals surface area contributed by atoms with Gasteiger partial charge in [-0.3, -0.25) is 4.79 Å². The lowest BCUT2D eigenvalue weighted by Crippen LogP contribution is -2.34. The van der Waals surface area contributed by atoms with E-state index < -0.39 is 0 Å². The number of benzene rings is 1. The standard InChI is InChI=1S/C16H16N2O/c19-16-14(18-12-5-4-11-15(18)17-16)10-6-9-13-7-2-1-3-8-13/h1-5,7-8,11-12,14H,6,9-10H2. The number of hydrogen-bond acceptors (Lipinski definition) is 2. The number of carbonyl (C=O) groups is 1. The number of allylic oxidation sites excluding steroid dienone is 2. The first-order valence-electron chi connectivity index (χ1n) is 6.64. The molecule has 2 aliphatic heterocycles. The van der Waals surface area contributed by atoms with Crippen LogP contribution in [0, 0.1) is 0 Å². The van der Waals surface area contributed by atoms with Crippen LogP contribution in [-0.2, 0) is 11.2 Å². The topological polar surface area (TPSA) is 32.7 Å². The number of nitrogens with zero attached hydrogens (tertiary/aromatic N) is 2. The molecule has 0 aliphatic carbocycles. The summed E-state index contributed by atoms with van der Waals surface area (Å²) in [7, 11) is 0. The van der Waals surface area contributed by atoms with Gasteiger partial charge < -0.3 is 4.90 Å². The predicted molar refractivity (Wildman–Crippen MR) is 75.7 cm³/mol. The van der Waals surface area contributed by atoms with Gasteiger partial charge in [0, 0.05) is 6.20 Å². The third-order valence-electron chi connectivity index (χ3n) is 3.50. The van der Waals surface area contributed by atoms with Gasteiger partial charge in [-0.2, -0.15) is 4.99 Å². The normalized spacial score (nSPS) is 20.6. The van der Waals surface area contributed by atoms with E-state index in [2.05, 4.69) is 29.3 Å². The molecule has 3 nitrogen and oxygen atoms in total. The quantitative estimate of drug-likeness (QED) is 0.825. The SMILES string of the molecule is O=C1N=C2C=CC=CN2C1CCCc1ccccc1. The molecule has 0 bridgehead atoms. The minimum atomic E-state index is -0.111. The van der Waals surface area contributed by atoms with Crippen LogP contribution < -0.4 is 0 Å². The second kappa shape index (κ2) is 5.22. The van der Waals surface area contributed by atoms with Crippen LogP contribution in [0.2, 0.25) is 0 Å². The van der Waals surface area contributed by atoms with Crippen LogP contribution >= 0.6 is 0 Å². The van der Waals surface area contributed by atoms with Gasteiger partial charge in [0.1, 0.15) is 11.9 Å². The number of aliphatic imine (C=N–C) groups is 1. The molecule has 2 heterocycles. The summed E-state index contributed by atoms with van der Waals surface area (Å²) in [6.45, 7) is 0. The maximum Gasteiger partial charge on any atom is 0.270 e. The van der Waals surface area contributed by atoms with E-state index in [4.69, 9.17) is 0 Å². The van der Waals surface area contributed by atoms with Gasteiger partial charge in [0.15, 0.2) is 0 Å². The Hall–Kier alpha value is -2.16. The molecule has 3 heteroatoms. The van der Waals surface area contributed by atoms with E-state index in [-0.39, 0.29) is 11.9 Å². The Bertz CT molecular complexity index is 557. The Kier molecular flexibility index (Phi) is 3.27. The van der Waals surface area contributed by atoms with Crippen LogP contribution in [-0.4, -0.2) is 22.7 Å². The molecular weight excluding hydrogens is 236 g/mol. The summed E-state index contributed by atoms with van der Waals surface area (Å²) in [6, 6.07) is 10.3. The number of fused-ring (bicyclic) bond motifs is 1. The van der Waals surface area contributed by atoms with E-state index in [1.54, 1.807) is 0 Å². The predicted octanol–water partition coefficient (Wildman–Crippen LogP) is 2.70. The smallest absolute Gasteiger partial charge is 0.270 e. The number of amidine groups is 1. The summed E-state index contributed by atoms with van der Waals surface area (Å²) < 4.78 is 0. The Balaban J connectivity index is 1.58. The summed E-state index contributed by atoms with van der Waals surface area (Å²) in [5.41, 5.74) is 1.32. The zero-order chi connectivity index (χ0) is 13.1. The number of rotatable bonds is 4. The molecule has 96 valence electrons. The zero-order valence-electron chi connectivity index (χ0n) is 10.7. The fourth-order valence-electron chi connectivity index (χ4n) is 2.52. The van der Waals surface area contributed by atoms with Gasteiger partial charge in [0.05, 0.1) is 0 Å². The molecule has 0 N–H and O–H groups in total. The Morgan fingerprint density at radius 2 is 2.00 bits per heavy atom. The van der Waals surface area contributed by atoms with Gasteiger partial charge >= 0.3 is 0 Å². The third-order valence-corrected chi connectivity index (χ3v) is 3.50. The molecule has 0 saturated carbocycles. The van der Waals surface area contributed by atoms with Crippen LogP contribution in [0.3, 0.4) is 0 Å². The van der Waals surface area contributed by atoms with Crippen molar-refractivity contribution in [2.75, 3.05) is 0 Å². The number of carbonyl (C=O) groups excluding carboxylic acids is 1. The number of amides is 1. The highest BCUT2D eigenvalue weighted by Gasteiger charge is 2.32. The summed E-state index contributed by atoms with van der Waals surface area (Å²) in [4.78, 5) is 17.9. The number of hydrogen-bond donors (Lipinski definition) is 0. The van der Waals surface area contributed by atoms with Crippen LogP contribution in [0.1, 0.15) is 18.4 Å². The first-order chi connectivity index (χ1) is 9.34. The second-order valence-electron chi connectivity index (χ2n) is 4.81. The Morgan fingerprint density at radius 1 is 1.16 bits per heavy atom. The maximum absolute atomic E-state index is 11.9. The first-order valence-corrected chi connectivity index (χ1v) is 6.64. The van der Waals surface area contributed by atoms with Crippen molar-refractivity contribution < 1.29 is 4.79 Å². The van der Waals surface area contributed by atoms with E-state index in [1.165, 1.54) is 5.56 Å². The summed E-state index contributed by atoms with van der Waals surface area (Å²) >= 11 is 0. The average molecular weight is 252 g/mol. The molecular formula is C16H16N2O. The van der Waals surface area contributed by atoms with Crippen LogP contribution in [0.5, 0.6) is 0 Å². The van der Waals surface area contributed by atoms with Gasteiger partial charge in [-0.25, -0.2) is 0 Å². The third kappa shape index (κ3) is 2.50. The van der Waals surface area contributed by atoms with Gasteiger partial charge in [-0.1, -0.05) is 36.4 Å². The fraction of sp³-hybridized carbons (Fsp3) is 0.250. The largest absolute Gasteiger partial charge is 0.320 e. The Morgan fingerprint density at radius 3 is 2.84 bits per heavy atom. The molecule has 1 atom stereocenters. The monoisotopic (exact) mass is 252 g/mol. The van der Waals surface area contributed by atoms with E-state index >= 15 is 0 Å². The van der Waals surface area contributed by atoms with E-state index in [0.717, 1.165) is 25.1 Å².